The van der Waals surface area contributed by atoms with Gasteiger partial charge in [0.15, 0.2) is 5.82 Å². The SMILES string of the molecule is COC(=O)c1ccc(Oc2ncnc(Nc3ccccc3F)c2N)cc1. The molecule has 0 saturated heterocycles. The lowest BCUT2D eigenvalue weighted by Crippen LogP contribution is -2.04. The van der Waals surface area contributed by atoms with Crippen LogP contribution in [0.5, 0.6) is 11.6 Å². The molecule has 0 radical (unpaired) electrons. The standard InChI is InChI=1S/C18H15FN4O3/c1-25-18(24)11-6-8-12(9-7-11)26-17-15(20)16(21-10-22-17)23-14-5-3-2-4-13(14)19/h2-10H,20H2,1H3,(H,21,22,23). The van der Waals surface area contributed by atoms with Gasteiger partial charge in [-0.3, -0.25) is 0 Å². The number of hydrogen-bond acceptors (Lipinski definition) is 7. The number of nitrogens with two attached hydrogens (primary N) is 1. The van der Waals surface area contributed by atoms with Gasteiger partial charge in [0.05, 0.1) is 18.4 Å². The first-order valence-electron chi connectivity index (χ1n) is 7.56. The van der Waals surface area contributed by atoms with E-state index in [0.717, 1.165) is 0 Å². The Morgan fingerprint density at radius 1 is 1.12 bits per heavy atom. The number of nitrogen functional groups attached to an aromatic ring is 1. The van der Waals surface area contributed by atoms with E-state index in [9.17, 15) is 9.18 Å². The fourth-order valence-electron chi connectivity index (χ4n) is 2.14. The number of methoxy groups -OCH3 is 1. The lowest BCUT2D eigenvalue weighted by Gasteiger charge is -2.12. The Hall–Kier alpha value is -3.68. The normalized spacial score (nSPS) is 10.2. The second-order valence-electron chi connectivity index (χ2n) is 5.16. The molecule has 3 aromatic rings. The number of para-hydroxylation sites is 1. The molecule has 0 aliphatic heterocycles. The Morgan fingerprint density at radius 3 is 2.54 bits per heavy atom. The zero-order valence-corrected chi connectivity index (χ0v) is 13.8. The highest BCUT2D eigenvalue weighted by atomic mass is 19.1. The molecule has 2 aromatic carbocycles. The first kappa shape index (κ1) is 17.2. The van der Waals surface area contributed by atoms with E-state index in [-0.39, 0.29) is 23.1 Å². The van der Waals surface area contributed by atoms with Gasteiger partial charge >= 0.3 is 5.97 Å². The van der Waals surface area contributed by atoms with E-state index < -0.39 is 11.8 Å². The van der Waals surface area contributed by atoms with Gasteiger partial charge in [-0.1, -0.05) is 12.1 Å². The van der Waals surface area contributed by atoms with Crippen LogP contribution in [0.3, 0.4) is 0 Å². The van der Waals surface area contributed by atoms with Crippen LogP contribution in [-0.2, 0) is 4.74 Å². The predicted octanol–water partition coefficient (Wildman–Crippen LogP) is 3.52. The summed E-state index contributed by atoms with van der Waals surface area (Å²) in [7, 11) is 1.30. The highest BCUT2D eigenvalue weighted by Crippen LogP contribution is 2.31. The zero-order chi connectivity index (χ0) is 18.5. The first-order valence-corrected chi connectivity index (χ1v) is 7.56. The number of anilines is 3. The average Bonchev–Trinajstić information content (AvgIpc) is 2.66. The number of halogens is 1. The Labute approximate surface area is 148 Å². The van der Waals surface area contributed by atoms with Gasteiger partial charge in [-0.05, 0) is 36.4 Å². The molecule has 7 nitrogen and oxygen atoms in total. The number of ether oxygens (including phenoxy) is 2. The van der Waals surface area contributed by atoms with Crippen LogP contribution in [-0.4, -0.2) is 23.0 Å². The molecular weight excluding hydrogens is 339 g/mol. The minimum Gasteiger partial charge on any atom is -0.465 e. The van der Waals surface area contributed by atoms with Gasteiger partial charge in [0.2, 0.25) is 5.88 Å². The van der Waals surface area contributed by atoms with Crippen molar-refractivity contribution in [2.24, 2.45) is 0 Å². The van der Waals surface area contributed by atoms with E-state index >= 15 is 0 Å². The third-order valence-corrected chi connectivity index (χ3v) is 3.46. The number of aromatic nitrogens is 2. The summed E-state index contributed by atoms with van der Waals surface area (Å²) in [5, 5.41) is 2.81. The lowest BCUT2D eigenvalue weighted by molar-refractivity contribution is 0.0600. The highest BCUT2D eigenvalue weighted by Gasteiger charge is 2.13. The van der Waals surface area contributed by atoms with Gasteiger partial charge in [0.1, 0.15) is 23.6 Å². The van der Waals surface area contributed by atoms with Crippen molar-refractivity contribution in [2.75, 3.05) is 18.2 Å². The summed E-state index contributed by atoms with van der Waals surface area (Å²) in [6, 6.07) is 12.4. The Balaban J connectivity index is 1.81. The number of hydrogen-bond donors (Lipinski definition) is 2. The van der Waals surface area contributed by atoms with Crippen LogP contribution in [0.1, 0.15) is 10.4 Å². The lowest BCUT2D eigenvalue weighted by atomic mass is 10.2. The summed E-state index contributed by atoms with van der Waals surface area (Å²) in [4.78, 5) is 19.4. The van der Waals surface area contributed by atoms with Gasteiger partial charge in [0, 0.05) is 0 Å². The Bertz CT molecular complexity index is 932. The molecule has 0 bridgehead atoms. The van der Waals surface area contributed by atoms with Gasteiger partial charge in [0.25, 0.3) is 0 Å². The second kappa shape index (κ2) is 7.47. The fourth-order valence-corrected chi connectivity index (χ4v) is 2.14. The summed E-state index contributed by atoms with van der Waals surface area (Å²) in [5.74, 6) is -0.156. The van der Waals surface area contributed by atoms with E-state index in [1.54, 1.807) is 42.5 Å². The third-order valence-electron chi connectivity index (χ3n) is 3.46. The van der Waals surface area contributed by atoms with E-state index in [1.165, 1.54) is 19.5 Å². The maximum atomic E-state index is 13.8. The van der Waals surface area contributed by atoms with E-state index in [1.807, 2.05) is 0 Å². The summed E-state index contributed by atoms with van der Waals surface area (Å²) in [5.41, 5.74) is 6.75. The van der Waals surface area contributed by atoms with E-state index in [4.69, 9.17) is 10.5 Å². The first-order chi connectivity index (χ1) is 12.6. The molecule has 0 atom stereocenters. The summed E-state index contributed by atoms with van der Waals surface area (Å²) in [6.45, 7) is 0. The second-order valence-corrected chi connectivity index (χ2v) is 5.16. The van der Waals surface area contributed by atoms with Crippen molar-refractivity contribution in [2.45, 2.75) is 0 Å². The smallest absolute Gasteiger partial charge is 0.337 e. The molecule has 26 heavy (non-hydrogen) atoms. The monoisotopic (exact) mass is 354 g/mol. The molecule has 0 unspecified atom stereocenters. The van der Waals surface area contributed by atoms with Crippen LogP contribution in [0.25, 0.3) is 0 Å². The molecule has 0 aliphatic rings. The minimum atomic E-state index is -0.450. The summed E-state index contributed by atoms with van der Waals surface area (Å²) < 4.78 is 24.0. The molecule has 0 aliphatic carbocycles. The third kappa shape index (κ3) is 3.69. The number of nitrogens with one attached hydrogen (secondary N) is 1. The highest BCUT2D eigenvalue weighted by molar-refractivity contribution is 5.89. The molecular formula is C18H15FN4O3. The summed E-state index contributed by atoms with van der Waals surface area (Å²) in [6.07, 6.45) is 1.25. The largest absolute Gasteiger partial charge is 0.465 e. The number of carbonyl (C=O) groups excluding carboxylic acids is 1. The maximum Gasteiger partial charge on any atom is 0.337 e. The number of rotatable bonds is 5. The molecule has 0 saturated carbocycles. The van der Waals surface area contributed by atoms with Crippen molar-refractivity contribution < 1.29 is 18.7 Å². The maximum absolute atomic E-state index is 13.8. The number of benzene rings is 2. The molecule has 0 amide bonds. The molecule has 132 valence electrons. The number of esters is 1. The zero-order valence-electron chi connectivity index (χ0n) is 13.8. The van der Waals surface area contributed by atoms with Crippen molar-refractivity contribution in [3.8, 4) is 11.6 Å². The van der Waals surface area contributed by atoms with Gasteiger partial charge in [-0.25, -0.2) is 14.2 Å². The minimum absolute atomic E-state index is 0.102. The quantitative estimate of drug-likeness (QED) is 0.676. The van der Waals surface area contributed by atoms with Crippen LogP contribution < -0.4 is 15.8 Å². The van der Waals surface area contributed by atoms with Crippen LogP contribution in [0, 0.1) is 5.82 Å². The predicted molar refractivity (Wildman–Crippen MR) is 94.0 cm³/mol. The molecule has 3 rings (SSSR count). The number of nitrogens with zero attached hydrogens (tertiary/aromatic N) is 2. The Kier molecular flexibility index (Phi) is 4.93. The van der Waals surface area contributed by atoms with Gasteiger partial charge in [-0.15, -0.1) is 0 Å². The van der Waals surface area contributed by atoms with Crippen molar-refractivity contribution in [3.63, 3.8) is 0 Å². The molecule has 3 N–H and O–H groups in total. The molecule has 1 aromatic heterocycles. The van der Waals surface area contributed by atoms with Crippen molar-refractivity contribution in [3.05, 3.63) is 66.2 Å². The molecule has 1 heterocycles. The van der Waals surface area contributed by atoms with Crippen LogP contribution in [0.4, 0.5) is 21.6 Å². The van der Waals surface area contributed by atoms with Gasteiger partial charge in [-0.2, -0.15) is 4.98 Å². The Morgan fingerprint density at radius 2 is 1.85 bits per heavy atom. The van der Waals surface area contributed by atoms with E-state index in [0.29, 0.717) is 11.3 Å². The fraction of sp³-hybridized carbons (Fsp3) is 0.0556. The van der Waals surface area contributed by atoms with Crippen LogP contribution in [0.15, 0.2) is 54.9 Å². The average molecular weight is 354 g/mol. The van der Waals surface area contributed by atoms with Crippen molar-refractivity contribution in [1.29, 1.82) is 0 Å². The summed E-state index contributed by atoms with van der Waals surface area (Å²) >= 11 is 0. The molecule has 0 fully saturated rings. The van der Waals surface area contributed by atoms with E-state index in [2.05, 4.69) is 20.0 Å². The number of carbonyl (C=O) groups is 1. The van der Waals surface area contributed by atoms with Crippen LogP contribution in [0.2, 0.25) is 0 Å². The topological polar surface area (TPSA) is 99.4 Å². The molecule has 8 heteroatoms. The van der Waals surface area contributed by atoms with Crippen LogP contribution >= 0.6 is 0 Å². The molecule has 0 spiro atoms. The van der Waals surface area contributed by atoms with Gasteiger partial charge < -0.3 is 20.5 Å². The van der Waals surface area contributed by atoms with Crippen molar-refractivity contribution in [1.82, 2.24) is 9.97 Å². The van der Waals surface area contributed by atoms with Crippen molar-refractivity contribution >= 4 is 23.2 Å².